The molecule has 1 aliphatic heterocycles. The van der Waals surface area contributed by atoms with Crippen LogP contribution in [-0.2, 0) is 5.75 Å². The molecule has 9 heteroatoms. The molecule has 0 unspecified atom stereocenters. The molecule has 1 atom stereocenters. The maximum atomic E-state index is 9.61. The van der Waals surface area contributed by atoms with E-state index in [-0.39, 0.29) is 23.2 Å². The van der Waals surface area contributed by atoms with E-state index in [9.17, 15) is 5.26 Å². The number of pyridine rings is 1. The summed E-state index contributed by atoms with van der Waals surface area (Å²) in [6.45, 7) is 0. The Bertz CT molecular complexity index is 1150. The van der Waals surface area contributed by atoms with Crippen molar-refractivity contribution >= 4 is 29.2 Å². The van der Waals surface area contributed by atoms with Gasteiger partial charge in [-0.1, -0.05) is 47.6 Å². The highest BCUT2D eigenvalue weighted by molar-refractivity contribution is 7.98. The van der Waals surface area contributed by atoms with E-state index in [1.807, 2.05) is 30.3 Å². The van der Waals surface area contributed by atoms with Gasteiger partial charge in [-0.25, -0.2) is 4.98 Å². The molecule has 4 rings (SSSR count). The summed E-state index contributed by atoms with van der Waals surface area (Å²) in [5, 5.41) is 10.7. The molecule has 0 radical (unpaired) electrons. The van der Waals surface area contributed by atoms with Crippen LogP contribution in [0, 0.1) is 11.3 Å². The van der Waals surface area contributed by atoms with Gasteiger partial charge in [0.1, 0.15) is 17.5 Å². The fourth-order valence-electron chi connectivity index (χ4n) is 3.06. The van der Waals surface area contributed by atoms with Gasteiger partial charge in [-0.2, -0.15) is 10.2 Å². The van der Waals surface area contributed by atoms with Gasteiger partial charge in [-0.05, 0) is 23.3 Å². The number of fused-ring (bicyclic) bond motifs is 1. The van der Waals surface area contributed by atoms with E-state index in [1.54, 1.807) is 18.5 Å². The van der Waals surface area contributed by atoms with Crippen LogP contribution in [0.2, 0.25) is 5.02 Å². The quantitative estimate of drug-likeness (QED) is 0.482. The molecule has 0 fully saturated rings. The molecule has 0 bridgehead atoms. The fraction of sp³-hybridized carbons (Fsp3) is 0.100. The monoisotopic (exact) mass is 422 g/mol. The number of allylic oxidation sites excluding steroid dienone is 1. The van der Waals surface area contributed by atoms with Crippen molar-refractivity contribution in [1.29, 1.82) is 5.26 Å². The SMILES string of the molecule is N#CC1=C(N)Oc2nc(SCc3ccccc3Cl)nc(N)c2[C@H]1c1cccnc1. The van der Waals surface area contributed by atoms with Crippen LogP contribution in [-0.4, -0.2) is 15.0 Å². The molecule has 0 saturated heterocycles. The van der Waals surface area contributed by atoms with Gasteiger partial charge >= 0.3 is 0 Å². The summed E-state index contributed by atoms with van der Waals surface area (Å²) in [6.07, 6.45) is 3.31. The van der Waals surface area contributed by atoms with Crippen LogP contribution in [0.1, 0.15) is 22.6 Å². The van der Waals surface area contributed by atoms with E-state index in [4.69, 9.17) is 27.8 Å². The van der Waals surface area contributed by atoms with Gasteiger partial charge in [0.2, 0.25) is 11.8 Å². The highest BCUT2D eigenvalue weighted by Crippen LogP contribution is 2.44. The molecule has 0 aliphatic carbocycles. The summed E-state index contributed by atoms with van der Waals surface area (Å²) in [7, 11) is 0. The van der Waals surface area contributed by atoms with Crippen LogP contribution in [0.5, 0.6) is 5.88 Å². The summed E-state index contributed by atoms with van der Waals surface area (Å²) in [4.78, 5) is 13.0. The van der Waals surface area contributed by atoms with Gasteiger partial charge in [0.05, 0.1) is 11.5 Å². The van der Waals surface area contributed by atoms with Crippen LogP contribution in [0.25, 0.3) is 0 Å². The van der Waals surface area contributed by atoms with Crippen molar-refractivity contribution in [2.75, 3.05) is 5.73 Å². The Morgan fingerprint density at radius 1 is 1.17 bits per heavy atom. The van der Waals surface area contributed by atoms with Crippen LogP contribution in [0.4, 0.5) is 5.82 Å². The first kappa shape index (κ1) is 19.1. The molecule has 2 aromatic heterocycles. The van der Waals surface area contributed by atoms with Crippen molar-refractivity contribution < 1.29 is 4.74 Å². The first-order valence-corrected chi connectivity index (χ1v) is 9.96. The highest BCUT2D eigenvalue weighted by atomic mass is 35.5. The second-order valence-corrected chi connectivity index (χ2v) is 7.55. The van der Waals surface area contributed by atoms with Crippen molar-refractivity contribution in [2.24, 2.45) is 5.73 Å². The third-order valence-electron chi connectivity index (χ3n) is 4.42. The lowest BCUT2D eigenvalue weighted by Crippen LogP contribution is -2.23. The number of hydrogen-bond donors (Lipinski definition) is 2. The van der Waals surface area contributed by atoms with Gasteiger partial charge in [-0.3, -0.25) is 4.98 Å². The number of aromatic nitrogens is 3. The first-order valence-electron chi connectivity index (χ1n) is 8.59. The maximum absolute atomic E-state index is 9.61. The number of nitrogens with two attached hydrogens (primary N) is 2. The number of nitrogens with zero attached hydrogens (tertiary/aromatic N) is 4. The average molecular weight is 423 g/mol. The van der Waals surface area contributed by atoms with E-state index >= 15 is 0 Å². The molecule has 0 amide bonds. The van der Waals surface area contributed by atoms with Crippen molar-refractivity contribution in [1.82, 2.24) is 15.0 Å². The number of nitriles is 1. The Hall–Kier alpha value is -3.28. The molecule has 1 aromatic carbocycles. The number of nitrogen functional groups attached to an aromatic ring is 1. The number of ether oxygens (including phenoxy) is 1. The fourth-order valence-corrected chi connectivity index (χ4v) is 4.19. The number of benzene rings is 1. The summed E-state index contributed by atoms with van der Waals surface area (Å²) in [5.41, 5.74) is 14.7. The van der Waals surface area contributed by atoms with Crippen LogP contribution < -0.4 is 16.2 Å². The second-order valence-electron chi connectivity index (χ2n) is 6.20. The molecule has 0 spiro atoms. The molecule has 7 nitrogen and oxygen atoms in total. The minimum absolute atomic E-state index is 0.00555. The van der Waals surface area contributed by atoms with Crippen molar-refractivity contribution in [3.63, 3.8) is 0 Å². The molecule has 0 saturated carbocycles. The summed E-state index contributed by atoms with van der Waals surface area (Å²) in [6, 6.07) is 13.3. The number of anilines is 1. The molecule has 3 aromatic rings. The lowest BCUT2D eigenvalue weighted by Gasteiger charge is -2.26. The lowest BCUT2D eigenvalue weighted by molar-refractivity contribution is 0.372. The summed E-state index contributed by atoms with van der Waals surface area (Å²) >= 11 is 7.59. The van der Waals surface area contributed by atoms with Crippen LogP contribution >= 0.6 is 23.4 Å². The van der Waals surface area contributed by atoms with E-state index in [1.165, 1.54) is 11.8 Å². The van der Waals surface area contributed by atoms with Crippen LogP contribution in [0.15, 0.2) is 65.4 Å². The average Bonchev–Trinajstić information content (AvgIpc) is 2.72. The molecule has 4 N–H and O–H groups in total. The number of halogens is 1. The molecule has 1 aliphatic rings. The molecule has 3 heterocycles. The van der Waals surface area contributed by atoms with Gasteiger partial charge in [-0.15, -0.1) is 0 Å². The number of hydrogen-bond acceptors (Lipinski definition) is 8. The van der Waals surface area contributed by atoms with Crippen molar-refractivity contribution in [3.8, 4) is 11.9 Å². The smallest absolute Gasteiger partial charge is 0.231 e. The van der Waals surface area contributed by atoms with Gasteiger partial charge in [0.25, 0.3) is 0 Å². The normalized spacial score (nSPS) is 15.4. The maximum Gasteiger partial charge on any atom is 0.231 e. The minimum atomic E-state index is -0.542. The van der Waals surface area contributed by atoms with Gasteiger partial charge < -0.3 is 16.2 Å². The lowest BCUT2D eigenvalue weighted by atomic mass is 9.85. The van der Waals surface area contributed by atoms with Gasteiger partial charge in [0, 0.05) is 23.2 Å². The Labute approximate surface area is 176 Å². The zero-order chi connectivity index (χ0) is 20.4. The first-order chi connectivity index (χ1) is 14.1. The van der Waals surface area contributed by atoms with E-state index in [0.29, 0.717) is 21.5 Å². The summed E-state index contributed by atoms with van der Waals surface area (Å²) in [5.74, 6) is 0.489. The molecule has 144 valence electrons. The minimum Gasteiger partial charge on any atom is -0.422 e. The Kier molecular flexibility index (Phi) is 5.25. The Morgan fingerprint density at radius 3 is 2.72 bits per heavy atom. The van der Waals surface area contributed by atoms with Crippen molar-refractivity contribution in [2.45, 2.75) is 16.8 Å². The predicted molar refractivity (Wildman–Crippen MR) is 111 cm³/mol. The highest BCUT2D eigenvalue weighted by Gasteiger charge is 2.34. The zero-order valence-electron chi connectivity index (χ0n) is 15.0. The molecular weight excluding hydrogens is 408 g/mol. The Morgan fingerprint density at radius 2 is 2.00 bits per heavy atom. The second kappa shape index (κ2) is 7.99. The third-order valence-corrected chi connectivity index (χ3v) is 5.69. The molecule has 29 heavy (non-hydrogen) atoms. The van der Waals surface area contributed by atoms with E-state index < -0.39 is 5.92 Å². The largest absolute Gasteiger partial charge is 0.422 e. The third kappa shape index (κ3) is 3.70. The van der Waals surface area contributed by atoms with Crippen molar-refractivity contribution in [3.05, 3.63) is 82.0 Å². The number of rotatable bonds is 4. The topological polar surface area (TPSA) is 124 Å². The number of thioether (sulfide) groups is 1. The zero-order valence-corrected chi connectivity index (χ0v) is 16.6. The summed E-state index contributed by atoms with van der Waals surface area (Å²) < 4.78 is 5.63. The predicted octanol–water partition coefficient (Wildman–Crippen LogP) is 3.62. The standard InChI is InChI=1S/C20H15ClN6OS/c21-14-6-2-1-4-12(14)10-29-20-26-17(23)16-15(11-5-3-7-25-9-11)13(8-22)18(24)28-19(16)27-20/h1-7,9,15H,10,24H2,(H2,23,26,27)/t15-/m0/s1. The molecular formula is C20H15ClN6OS. The van der Waals surface area contributed by atoms with E-state index in [2.05, 4.69) is 21.0 Å². The van der Waals surface area contributed by atoms with Crippen LogP contribution in [0.3, 0.4) is 0 Å². The van der Waals surface area contributed by atoms with E-state index in [0.717, 1.165) is 11.1 Å². The Balaban J connectivity index is 1.72. The van der Waals surface area contributed by atoms with Gasteiger partial charge in [0.15, 0.2) is 5.16 Å².